The molecule has 2 nitrogen and oxygen atoms in total. The van der Waals surface area contributed by atoms with Gasteiger partial charge in [0.15, 0.2) is 0 Å². The number of benzene rings is 2. The molecule has 0 radical (unpaired) electrons. The minimum atomic E-state index is -4.12. The van der Waals surface area contributed by atoms with Crippen LogP contribution in [0, 0.1) is 13.8 Å². The third-order valence-electron chi connectivity index (χ3n) is 2.77. The molecule has 2 aromatic carbocycles. The van der Waals surface area contributed by atoms with Gasteiger partial charge in [-0.3, -0.25) is 0 Å². The fraction of sp³-hybridized carbons (Fsp3) is 0.143. The maximum atomic E-state index is 12.5. The fourth-order valence-electron chi connectivity index (χ4n) is 1.64. The van der Waals surface area contributed by atoms with Crippen LogP contribution in [0.3, 0.4) is 0 Å². The first-order valence-corrected chi connectivity index (χ1v) is 8.95. The molecule has 0 aliphatic rings. The van der Waals surface area contributed by atoms with Gasteiger partial charge in [0, 0.05) is 0 Å². The van der Waals surface area contributed by atoms with Gasteiger partial charge in [0.05, 0.1) is 0 Å². The van der Waals surface area contributed by atoms with Crippen LogP contribution in [-0.4, -0.2) is 17.9 Å². The second-order valence-electron chi connectivity index (χ2n) is 4.25. The fourth-order valence-corrected chi connectivity index (χ4v) is 4.59. The van der Waals surface area contributed by atoms with E-state index in [1.54, 1.807) is 24.3 Å². The number of rotatable bonds is 2. The molecule has 0 aliphatic carbocycles. The molecular formula is C14H15AsO2. The molecule has 0 aromatic heterocycles. The zero-order valence-electron chi connectivity index (χ0n) is 9.92. The van der Waals surface area contributed by atoms with Crippen LogP contribution >= 0.6 is 0 Å². The van der Waals surface area contributed by atoms with Crippen molar-refractivity contribution in [1.82, 2.24) is 0 Å². The normalized spacial score (nSPS) is 11.5. The van der Waals surface area contributed by atoms with Gasteiger partial charge in [-0.25, -0.2) is 0 Å². The summed E-state index contributed by atoms with van der Waals surface area (Å²) in [5, 5.41) is 0. The van der Waals surface area contributed by atoms with Crippen LogP contribution in [0.5, 0.6) is 0 Å². The molecule has 88 valence electrons. The molecule has 17 heavy (non-hydrogen) atoms. The molecule has 0 heterocycles. The Morgan fingerprint density at radius 2 is 1.06 bits per heavy atom. The summed E-state index contributed by atoms with van der Waals surface area (Å²) in [5.41, 5.74) is 2.18. The summed E-state index contributed by atoms with van der Waals surface area (Å²) < 4.78 is 23.8. The summed E-state index contributed by atoms with van der Waals surface area (Å²) in [6.45, 7) is 3.93. The molecule has 2 aromatic rings. The standard InChI is InChI=1S/C14H15AsO2/c1-11-3-7-13(8-4-11)15(16,17)14-9-5-12(2)6-10-14/h3-10H,1-2H3,(H,16,17). The molecule has 0 saturated carbocycles. The van der Waals surface area contributed by atoms with E-state index in [1.807, 2.05) is 38.1 Å². The van der Waals surface area contributed by atoms with E-state index in [1.165, 1.54) is 0 Å². The third-order valence-corrected chi connectivity index (χ3v) is 6.96. The Kier molecular flexibility index (Phi) is 3.28. The van der Waals surface area contributed by atoms with E-state index >= 15 is 0 Å². The van der Waals surface area contributed by atoms with Gasteiger partial charge >= 0.3 is 104 Å². The molecular weight excluding hydrogens is 275 g/mol. The van der Waals surface area contributed by atoms with Crippen molar-refractivity contribution in [2.24, 2.45) is 0 Å². The van der Waals surface area contributed by atoms with Gasteiger partial charge in [-0.05, 0) is 0 Å². The van der Waals surface area contributed by atoms with Gasteiger partial charge in [-0.1, -0.05) is 0 Å². The molecule has 0 spiro atoms. The number of hydrogen-bond donors (Lipinski definition) is 1. The molecule has 3 heteroatoms. The van der Waals surface area contributed by atoms with E-state index in [0.29, 0.717) is 8.70 Å². The quantitative estimate of drug-likeness (QED) is 0.846. The van der Waals surface area contributed by atoms with Crippen molar-refractivity contribution in [2.75, 3.05) is 0 Å². The average molecular weight is 290 g/mol. The molecule has 0 fully saturated rings. The Balaban J connectivity index is 2.45. The predicted molar refractivity (Wildman–Crippen MR) is 70.3 cm³/mol. The van der Waals surface area contributed by atoms with E-state index in [4.69, 9.17) is 0 Å². The SMILES string of the molecule is Cc1ccc([As](=O)(O)c2ccc(C)cc2)cc1. The van der Waals surface area contributed by atoms with Crippen LogP contribution in [0.1, 0.15) is 11.1 Å². The summed E-state index contributed by atoms with van der Waals surface area (Å²) >= 11 is -4.12. The molecule has 0 aliphatic heterocycles. The van der Waals surface area contributed by atoms with Crippen molar-refractivity contribution in [1.29, 1.82) is 0 Å². The summed E-state index contributed by atoms with van der Waals surface area (Å²) in [5.74, 6) is 0. The van der Waals surface area contributed by atoms with Gasteiger partial charge in [0.2, 0.25) is 0 Å². The Hall–Kier alpha value is -1.24. The van der Waals surface area contributed by atoms with Gasteiger partial charge < -0.3 is 0 Å². The molecule has 0 saturated heterocycles. The van der Waals surface area contributed by atoms with Crippen molar-refractivity contribution in [3.8, 4) is 0 Å². The zero-order chi connectivity index (χ0) is 12.5. The number of aryl methyl sites for hydroxylation is 2. The molecule has 0 amide bonds. The molecule has 2 rings (SSSR count). The minimum absolute atomic E-state index is 0.539. The second-order valence-corrected chi connectivity index (χ2v) is 8.83. The van der Waals surface area contributed by atoms with E-state index < -0.39 is 13.8 Å². The third kappa shape index (κ3) is 2.54. The molecule has 0 atom stereocenters. The molecule has 0 unspecified atom stereocenters. The van der Waals surface area contributed by atoms with Crippen molar-refractivity contribution in [3.05, 3.63) is 59.7 Å². The van der Waals surface area contributed by atoms with Crippen molar-refractivity contribution < 1.29 is 7.84 Å². The van der Waals surface area contributed by atoms with Crippen molar-refractivity contribution in [2.45, 2.75) is 13.8 Å². The summed E-state index contributed by atoms with van der Waals surface area (Å²) in [4.78, 5) is 0. The molecule has 0 bridgehead atoms. The van der Waals surface area contributed by atoms with Crippen LogP contribution in [0.4, 0.5) is 0 Å². The van der Waals surface area contributed by atoms with Crippen LogP contribution in [0.15, 0.2) is 48.5 Å². The predicted octanol–water partition coefficient (Wildman–Crippen LogP) is 1.28. The van der Waals surface area contributed by atoms with Gasteiger partial charge in [-0.15, -0.1) is 0 Å². The van der Waals surface area contributed by atoms with Crippen molar-refractivity contribution in [3.63, 3.8) is 0 Å². The van der Waals surface area contributed by atoms with Crippen molar-refractivity contribution >= 4 is 22.5 Å². The first kappa shape index (κ1) is 12.2. The van der Waals surface area contributed by atoms with Gasteiger partial charge in [-0.2, -0.15) is 0 Å². The van der Waals surface area contributed by atoms with Crippen LogP contribution in [0.25, 0.3) is 0 Å². The van der Waals surface area contributed by atoms with E-state index in [0.717, 1.165) is 11.1 Å². The Morgan fingerprint density at radius 1 is 0.765 bits per heavy atom. The zero-order valence-corrected chi connectivity index (χ0v) is 11.8. The Bertz CT molecular complexity index is 506. The van der Waals surface area contributed by atoms with Gasteiger partial charge in [0.1, 0.15) is 0 Å². The van der Waals surface area contributed by atoms with Crippen LogP contribution in [-0.2, 0) is 3.74 Å². The summed E-state index contributed by atoms with van der Waals surface area (Å²) in [6, 6.07) is 14.5. The topological polar surface area (TPSA) is 37.3 Å². The maximum absolute atomic E-state index is 12.5. The number of hydrogen-bond acceptors (Lipinski definition) is 1. The Labute approximate surface area is 104 Å². The van der Waals surface area contributed by atoms with Crippen LogP contribution in [0.2, 0.25) is 0 Å². The average Bonchev–Trinajstić information content (AvgIpc) is 2.30. The summed E-state index contributed by atoms with van der Waals surface area (Å²) in [7, 11) is 0. The van der Waals surface area contributed by atoms with E-state index in [9.17, 15) is 7.84 Å². The van der Waals surface area contributed by atoms with Crippen LogP contribution < -0.4 is 8.70 Å². The van der Waals surface area contributed by atoms with E-state index in [-0.39, 0.29) is 0 Å². The monoisotopic (exact) mass is 290 g/mol. The first-order chi connectivity index (χ1) is 8.00. The summed E-state index contributed by atoms with van der Waals surface area (Å²) in [6.07, 6.45) is 0. The van der Waals surface area contributed by atoms with Gasteiger partial charge in [0.25, 0.3) is 0 Å². The first-order valence-electron chi connectivity index (χ1n) is 5.47. The van der Waals surface area contributed by atoms with E-state index in [2.05, 4.69) is 0 Å². The molecule has 1 N–H and O–H groups in total. The Morgan fingerprint density at radius 3 is 1.35 bits per heavy atom. The second kappa shape index (κ2) is 4.56.